The van der Waals surface area contributed by atoms with Crippen molar-refractivity contribution >= 4 is 35.4 Å². The van der Waals surface area contributed by atoms with Crippen LogP contribution in [0.4, 0.5) is 13.2 Å². The molecule has 0 spiro atoms. The Hall–Kier alpha value is -1.40. The highest BCUT2D eigenvalue weighted by molar-refractivity contribution is 8.02. The maximum Gasteiger partial charge on any atom is 0.443 e. The summed E-state index contributed by atoms with van der Waals surface area (Å²) in [5.41, 5.74) is -3.98. The van der Waals surface area contributed by atoms with Crippen LogP contribution < -0.4 is 0 Å². The molecule has 0 aliphatic carbocycles. The zero-order valence-electron chi connectivity index (χ0n) is 11.7. The predicted molar refractivity (Wildman–Crippen MR) is 83.7 cm³/mol. The van der Waals surface area contributed by atoms with Crippen LogP contribution in [0.25, 0.3) is 6.08 Å². The second-order valence-corrected chi connectivity index (χ2v) is 6.14. The van der Waals surface area contributed by atoms with Gasteiger partial charge in [-0.25, -0.2) is 0 Å². The van der Waals surface area contributed by atoms with Gasteiger partial charge in [0.15, 0.2) is 0 Å². The standard InChI is InChI=1S/C15H14ClF3O2S/c1-3-9-14(13(20)21-2,22-15(17,18)19)10-8-11-4-6-12(16)7-5-11/h3-8,10H,1,9H2,2H3/b10-8+. The second kappa shape index (κ2) is 7.74. The van der Waals surface area contributed by atoms with Crippen LogP contribution in [-0.4, -0.2) is 23.3 Å². The summed E-state index contributed by atoms with van der Waals surface area (Å²) < 4.78 is 41.1. The fraction of sp³-hybridized carbons (Fsp3) is 0.267. The molecule has 0 N–H and O–H groups in total. The van der Waals surface area contributed by atoms with E-state index in [1.54, 1.807) is 24.3 Å². The van der Waals surface area contributed by atoms with E-state index in [4.69, 9.17) is 11.6 Å². The minimum absolute atomic E-state index is 0.214. The van der Waals surface area contributed by atoms with E-state index in [1.807, 2.05) is 0 Å². The Balaban J connectivity index is 3.19. The average Bonchev–Trinajstić information content (AvgIpc) is 2.44. The molecule has 0 fully saturated rings. The van der Waals surface area contributed by atoms with E-state index < -0.39 is 28.0 Å². The number of rotatable bonds is 6. The highest BCUT2D eigenvalue weighted by atomic mass is 35.5. The number of methoxy groups -OCH3 is 1. The average molecular weight is 351 g/mol. The van der Waals surface area contributed by atoms with E-state index in [0.717, 1.165) is 7.11 Å². The van der Waals surface area contributed by atoms with Crippen molar-refractivity contribution < 1.29 is 22.7 Å². The predicted octanol–water partition coefficient (Wildman–Crippen LogP) is 5.09. The molecular weight excluding hydrogens is 337 g/mol. The summed E-state index contributed by atoms with van der Waals surface area (Å²) in [6, 6.07) is 6.47. The largest absolute Gasteiger partial charge is 0.468 e. The maximum atomic E-state index is 12.8. The van der Waals surface area contributed by atoms with Gasteiger partial charge in [0.05, 0.1) is 7.11 Å². The summed E-state index contributed by atoms with van der Waals surface area (Å²) in [5.74, 6) is -0.986. The highest BCUT2D eigenvalue weighted by Crippen LogP contribution is 2.44. The van der Waals surface area contributed by atoms with E-state index >= 15 is 0 Å². The van der Waals surface area contributed by atoms with E-state index in [2.05, 4.69) is 11.3 Å². The van der Waals surface area contributed by atoms with Gasteiger partial charge < -0.3 is 4.74 Å². The van der Waals surface area contributed by atoms with Gasteiger partial charge in [-0.15, -0.1) is 6.58 Å². The summed E-state index contributed by atoms with van der Waals surface area (Å²) in [5, 5.41) is 0.507. The molecule has 1 aromatic rings. The topological polar surface area (TPSA) is 26.3 Å². The molecule has 1 atom stereocenters. The monoisotopic (exact) mass is 350 g/mol. The van der Waals surface area contributed by atoms with Crippen molar-refractivity contribution in [1.82, 2.24) is 0 Å². The van der Waals surface area contributed by atoms with Crippen LogP contribution in [0.1, 0.15) is 12.0 Å². The Labute approximate surface area is 136 Å². The molecule has 7 heteroatoms. The maximum absolute atomic E-state index is 12.8. The zero-order chi connectivity index (χ0) is 16.8. The Morgan fingerprint density at radius 3 is 2.41 bits per heavy atom. The molecule has 1 aromatic carbocycles. The summed E-state index contributed by atoms with van der Waals surface area (Å²) in [6.07, 6.45) is 3.65. The van der Waals surface area contributed by atoms with Gasteiger partial charge in [-0.1, -0.05) is 42.0 Å². The third kappa shape index (κ3) is 5.42. The van der Waals surface area contributed by atoms with Crippen LogP contribution in [-0.2, 0) is 9.53 Å². The zero-order valence-corrected chi connectivity index (χ0v) is 13.3. The van der Waals surface area contributed by atoms with E-state index in [0.29, 0.717) is 10.6 Å². The summed E-state index contributed by atoms with van der Waals surface area (Å²) in [7, 11) is 1.05. The van der Waals surface area contributed by atoms with Crippen molar-refractivity contribution in [2.45, 2.75) is 16.7 Å². The SMILES string of the molecule is C=CCC(/C=C/c1ccc(Cl)cc1)(SC(F)(F)F)C(=O)OC. The van der Waals surface area contributed by atoms with Gasteiger partial charge in [-0.3, -0.25) is 4.79 Å². The van der Waals surface area contributed by atoms with E-state index in [-0.39, 0.29) is 6.42 Å². The van der Waals surface area contributed by atoms with Crippen LogP contribution in [0.2, 0.25) is 5.02 Å². The number of hydrogen-bond acceptors (Lipinski definition) is 3. The minimum Gasteiger partial charge on any atom is -0.468 e. The van der Waals surface area contributed by atoms with Crippen molar-refractivity contribution in [2.75, 3.05) is 7.11 Å². The molecule has 0 radical (unpaired) electrons. The smallest absolute Gasteiger partial charge is 0.443 e. The highest BCUT2D eigenvalue weighted by Gasteiger charge is 2.47. The number of hydrogen-bond donors (Lipinski definition) is 0. The Morgan fingerprint density at radius 1 is 1.36 bits per heavy atom. The molecule has 0 saturated heterocycles. The van der Waals surface area contributed by atoms with Crippen LogP contribution >= 0.6 is 23.4 Å². The van der Waals surface area contributed by atoms with Gasteiger partial charge in [0, 0.05) is 5.02 Å². The normalized spacial score (nSPS) is 14.6. The molecule has 0 aliphatic rings. The van der Waals surface area contributed by atoms with Crippen molar-refractivity contribution in [3.63, 3.8) is 0 Å². The van der Waals surface area contributed by atoms with E-state index in [1.165, 1.54) is 18.2 Å². The van der Waals surface area contributed by atoms with Crippen LogP contribution in [0.5, 0.6) is 0 Å². The number of esters is 1. The minimum atomic E-state index is -4.60. The fourth-order valence-electron chi connectivity index (χ4n) is 1.74. The Kier molecular flexibility index (Phi) is 6.56. The number of ether oxygens (including phenoxy) is 1. The number of halogens is 4. The Morgan fingerprint density at radius 2 is 1.95 bits per heavy atom. The van der Waals surface area contributed by atoms with Crippen molar-refractivity contribution in [3.8, 4) is 0 Å². The van der Waals surface area contributed by atoms with Gasteiger partial charge >= 0.3 is 11.5 Å². The van der Waals surface area contributed by atoms with Crippen molar-refractivity contribution in [2.24, 2.45) is 0 Å². The first-order valence-corrected chi connectivity index (χ1v) is 7.33. The lowest BCUT2D eigenvalue weighted by Crippen LogP contribution is -2.36. The molecular formula is C15H14ClF3O2S. The van der Waals surface area contributed by atoms with Crippen LogP contribution in [0.3, 0.4) is 0 Å². The number of allylic oxidation sites excluding steroid dienone is 1. The summed E-state index contributed by atoms with van der Waals surface area (Å²) in [4.78, 5) is 11.9. The fourth-order valence-corrected chi connectivity index (χ4v) is 2.78. The van der Waals surface area contributed by atoms with Gasteiger partial charge in [0.2, 0.25) is 0 Å². The molecule has 1 rings (SSSR count). The molecule has 0 saturated carbocycles. The number of carbonyl (C=O) groups is 1. The lowest BCUT2D eigenvalue weighted by atomic mass is 10.0. The molecule has 0 heterocycles. The summed E-state index contributed by atoms with van der Waals surface area (Å²) in [6.45, 7) is 3.42. The van der Waals surface area contributed by atoms with Gasteiger partial charge in [0.25, 0.3) is 0 Å². The molecule has 1 unspecified atom stereocenters. The third-order valence-electron chi connectivity index (χ3n) is 2.69. The molecule has 0 amide bonds. The summed E-state index contributed by atoms with van der Waals surface area (Å²) >= 11 is 5.32. The number of carbonyl (C=O) groups excluding carboxylic acids is 1. The lowest BCUT2D eigenvalue weighted by Gasteiger charge is -2.26. The number of alkyl halides is 3. The van der Waals surface area contributed by atoms with E-state index in [9.17, 15) is 18.0 Å². The first kappa shape index (κ1) is 18.6. The quantitative estimate of drug-likeness (QED) is 0.527. The third-order valence-corrected chi connectivity index (χ3v) is 4.01. The van der Waals surface area contributed by atoms with Gasteiger partial charge in [-0.2, -0.15) is 13.2 Å². The van der Waals surface area contributed by atoms with Gasteiger partial charge in [0.1, 0.15) is 4.75 Å². The first-order valence-electron chi connectivity index (χ1n) is 6.13. The van der Waals surface area contributed by atoms with Crippen LogP contribution in [0, 0.1) is 0 Å². The molecule has 0 aliphatic heterocycles. The molecule has 120 valence electrons. The first-order chi connectivity index (χ1) is 10.2. The van der Waals surface area contributed by atoms with Crippen molar-refractivity contribution in [1.29, 1.82) is 0 Å². The second-order valence-electron chi connectivity index (χ2n) is 4.31. The van der Waals surface area contributed by atoms with Crippen LogP contribution in [0.15, 0.2) is 43.0 Å². The number of thioether (sulfide) groups is 1. The molecule has 0 aromatic heterocycles. The van der Waals surface area contributed by atoms with Crippen molar-refractivity contribution in [3.05, 3.63) is 53.6 Å². The molecule has 22 heavy (non-hydrogen) atoms. The number of benzene rings is 1. The molecule has 2 nitrogen and oxygen atoms in total. The van der Waals surface area contributed by atoms with Gasteiger partial charge in [-0.05, 0) is 35.9 Å². The lowest BCUT2D eigenvalue weighted by molar-refractivity contribution is -0.142. The Bertz CT molecular complexity index is 555. The molecule has 0 bridgehead atoms.